The summed E-state index contributed by atoms with van der Waals surface area (Å²) in [5.74, 6) is -1.90. The van der Waals surface area contributed by atoms with E-state index in [1.807, 2.05) is 0 Å². The summed E-state index contributed by atoms with van der Waals surface area (Å²) in [7, 11) is 0. The maximum atomic E-state index is 12.1. The first-order valence-electron chi connectivity index (χ1n) is 7.46. The van der Waals surface area contributed by atoms with E-state index in [-0.39, 0.29) is 21.3 Å². The van der Waals surface area contributed by atoms with Crippen LogP contribution < -0.4 is 5.32 Å². The van der Waals surface area contributed by atoms with Crippen LogP contribution in [0.3, 0.4) is 0 Å². The third-order valence-corrected chi connectivity index (χ3v) is 4.36. The number of ether oxygens (including phenoxy) is 1. The van der Waals surface area contributed by atoms with Gasteiger partial charge in [0.1, 0.15) is 5.56 Å². The molecule has 1 amide bonds. The van der Waals surface area contributed by atoms with Gasteiger partial charge in [0.15, 0.2) is 6.61 Å². The van der Waals surface area contributed by atoms with Crippen LogP contribution in [0.25, 0.3) is 0 Å². The summed E-state index contributed by atoms with van der Waals surface area (Å²) < 4.78 is 4.77. The Kier molecular flexibility index (Phi) is 6.49. The SMILES string of the molecule is Cc1c([N+](=O)[O-])cc(C(=O)OCC(=O)Nc2cccc(Cl)c2Cl)cc1[N+](=O)[O-]. The summed E-state index contributed by atoms with van der Waals surface area (Å²) >= 11 is 11.7. The molecular formula is C16H11Cl2N3O7. The largest absolute Gasteiger partial charge is 0.452 e. The van der Waals surface area contributed by atoms with E-state index < -0.39 is 45.3 Å². The van der Waals surface area contributed by atoms with Gasteiger partial charge in [0.25, 0.3) is 17.3 Å². The zero-order valence-electron chi connectivity index (χ0n) is 14.1. The van der Waals surface area contributed by atoms with Gasteiger partial charge < -0.3 is 10.1 Å². The molecule has 0 radical (unpaired) electrons. The number of carbonyl (C=O) groups excluding carboxylic acids is 2. The predicted octanol–water partition coefficient (Wildman–Crippen LogP) is 3.91. The van der Waals surface area contributed by atoms with Crippen LogP contribution in [0.1, 0.15) is 15.9 Å². The summed E-state index contributed by atoms with van der Waals surface area (Å²) in [6, 6.07) is 6.21. The third-order valence-electron chi connectivity index (χ3n) is 3.54. The Morgan fingerprint density at radius 3 is 2.21 bits per heavy atom. The minimum absolute atomic E-state index is 0.0913. The van der Waals surface area contributed by atoms with E-state index in [1.54, 1.807) is 6.07 Å². The normalized spacial score (nSPS) is 10.2. The zero-order valence-corrected chi connectivity index (χ0v) is 15.6. The van der Waals surface area contributed by atoms with Crippen molar-refractivity contribution in [1.29, 1.82) is 0 Å². The molecule has 2 aromatic carbocycles. The molecule has 0 aliphatic rings. The van der Waals surface area contributed by atoms with E-state index in [2.05, 4.69) is 5.32 Å². The number of hydrogen-bond donors (Lipinski definition) is 1. The molecule has 2 aromatic rings. The average molecular weight is 428 g/mol. The van der Waals surface area contributed by atoms with Crippen LogP contribution in [0.5, 0.6) is 0 Å². The molecule has 0 aliphatic carbocycles. The Labute approximate surface area is 167 Å². The molecule has 12 heteroatoms. The highest BCUT2D eigenvalue weighted by atomic mass is 35.5. The van der Waals surface area contributed by atoms with E-state index in [4.69, 9.17) is 27.9 Å². The number of amides is 1. The Morgan fingerprint density at radius 2 is 1.68 bits per heavy atom. The molecule has 10 nitrogen and oxygen atoms in total. The van der Waals surface area contributed by atoms with Gasteiger partial charge in [-0.15, -0.1) is 0 Å². The van der Waals surface area contributed by atoms with Crippen LogP contribution in [0.2, 0.25) is 10.0 Å². The van der Waals surface area contributed by atoms with E-state index in [0.717, 1.165) is 12.1 Å². The summed E-state index contributed by atoms with van der Waals surface area (Å²) in [6.45, 7) is 0.435. The molecule has 0 spiro atoms. The van der Waals surface area contributed by atoms with E-state index in [1.165, 1.54) is 19.1 Å². The van der Waals surface area contributed by atoms with Crippen LogP contribution in [0, 0.1) is 27.2 Å². The van der Waals surface area contributed by atoms with Crippen LogP contribution in [-0.4, -0.2) is 28.3 Å². The Bertz CT molecular complexity index is 959. The highest BCUT2D eigenvalue weighted by Crippen LogP contribution is 2.30. The fraction of sp³-hybridized carbons (Fsp3) is 0.125. The molecule has 2 rings (SSSR count). The number of carbonyl (C=O) groups is 2. The highest BCUT2D eigenvalue weighted by Gasteiger charge is 2.26. The van der Waals surface area contributed by atoms with Crippen molar-refractivity contribution in [2.75, 3.05) is 11.9 Å². The first kappa shape index (κ1) is 21.1. The number of hydrogen-bond acceptors (Lipinski definition) is 7. The van der Waals surface area contributed by atoms with Crippen molar-refractivity contribution in [2.24, 2.45) is 0 Å². The van der Waals surface area contributed by atoms with E-state index in [9.17, 15) is 29.8 Å². The van der Waals surface area contributed by atoms with E-state index >= 15 is 0 Å². The van der Waals surface area contributed by atoms with Gasteiger partial charge in [-0.25, -0.2) is 4.79 Å². The molecule has 0 saturated heterocycles. The maximum absolute atomic E-state index is 12.1. The Balaban J connectivity index is 2.14. The van der Waals surface area contributed by atoms with Crippen molar-refractivity contribution in [3.05, 3.63) is 71.7 Å². The minimum atomic E-state index is -1.14. The smallest absolute Gasteiger partial charge is 0.339 e. The molecule has 0 atom stereocenters. The standard InChI is InChI=1S/C16H11Cl2N3O7/c1-8-12(20(24)25)5-9(6-13(8)21(26)27)16(23)28-7-14(22)19-11-4-2-3-10(17)15(11)18/h2-6H,7H2,1H3,(H,19,22). The number of benzene rings is 2. The van der Waals surface area contributed by atoms with Crippen molar-refractivity contribution in [3.63, 3.8) is 0 Å². The minimum Gasteiger partial charge on any atom is -0.452 e. The monoisotopic (exact) mass is 427 g/mol. The number of halogens is 2. The van der Waals surface area contributed by atoms with Gasteiger partial charge in [-0.05, 0) is 19.1 Å². The van der Waals surface area contributed by atoms with Crippen molar-refractivity contribution in [2.45, 2.75) is 6.92 Å². The summed E-state index contributed by atoms with van der Waals surface area (Å²) in [5.41, 5.74) is -1.68. The fourth-order valence-corrected chi connectivity index (χ4v) is 2.53. The molecule has 0 fully saturated rings. The van der Waals surface area contributed by atoms with Gasteiger partial charge in [0, 0.05) is 12.1 Å². The van der Waals surface area contributed by atoms with Crippen LogP contribution in [-0.2, 0) is 9.53 Å². The molecule has 0 unspecified atom stereocenters. The van der Waals surface area contributed by atoms with Gasteiger partial charge in [-0.3, -0.25) is 25.0 Å². The second-order valence-corrected chi connectivity index (χ2v) is 6.16. The highest BCUT2D eigenvalue weighted by molar-refractivity contribution is 6.44. The van der Waals surface area contributed by atoms with Crippen molar-refractivity contribution < 1.29 is 24.2 Å². The van der Waals surface area contributed by atoms with E-state index in [0.29, 0.717) is 0 Å². The molecule has 1 N–H and O–H groups in total. The number of nitro benzene ring substituents is 2. The third kappa shape index (κ3) is 4.72. The molecule has 0 aliphatic heterocycles. The lowest BCUT2D eigenvalue weighted by Crippen LogP contribution is -2.21. The van der Waals surface area contributed by atoms with Gasteiger partial charge in [-0.2, -0.15) is 0 Å². The van der Waals surface area contributed by atoms with Crippen LogP contribution in [0.15, 0.2) is 30.3 Å². The number of esters is 1. The number of anilines is 1. The maximum Gasteiger partial charge on any atom is 0.339 e. The second-order valence-electron chi connectivity index (χ2n) is 5.38. The molecule has 0 bridgehead atoms. The van der Waals surface area contributed by atoms with Crippen molar-refractivity contribution >= 4 is 52.1 Å². The summed E-state index contributed by atoms with van der Waals surface area (Å²) in [6.07, 6.45) is 0. The lowest BCUT2D eigenvalue weighted by Gasteiger charge is -2.09. The van der Waals surface area contributed by atoms with Gasteiger partial charge in [0.05, 0.1) is 31.1 Å². The molecule has 0 saturated carbocycles. The topological polar surface area (TPSA) is 142 Å². The van der Waals surface area contributed by atoms with Crippen LogP contribution in [0.4, 0.5) is 17.1 Å². The Morgan fingerprint density at radius 1 is 1.11 bits per heavy atom. The molecule has 28 heavy (non-hydrogen) atoms. The number of nitrogens with zero attached hydrogens (tertiary/aromatic N) is 2. The fourth-order valence-electron chi connectivity index (χ4n) is 2.18. The number of nitrogens with one attached hydrogen (secondary N) is 1. The number of nitro groups is 2. The Hall–Kier alpha value is -3.24. The summed E-state index contributed by atoms with van der Waals surface area (Å²) in [4.78, 5) is 44.4. The first-order valence-corrected chi connectivity index (χ1v) is 8.21. The predicted molar refractivity (Wildman–Crippen MR) is 99.9 cm³/mol. The van der Waals surface area contributed by atoms with Crippen LogP contribution >= 0.6 is 23.2 Å². The second kappa shape index (κ2) is 8.63. The lowest BCUT2D eigenvalue weighted by molar-refractivity contribution is -0.395. The lowest BCUT2D eigenvalue weighted by atomic mass is 10.1. The van der Waals surface area contributed by atoms with Crippen molar-refractivity contribution in [3.8, 4) is 0 Å². The van der Waals surface area contributed by atoms with Gasteiger partial charge in [0.2, 0.25) is 0 Å². The summed E-state index contributed by atoms with van der Waals surface area (Å²) in [5, 5.41) is 24.8. The first-order chi connectivity index (χ1) is 13.1. The quantitative estimate of drug-likeness (QED) is 0.418. The molecule has 146 valence electrons. The molecule has 0 aromatic heterocycles. The molecule has 0 heterocycles. The zero-order chi connectivity index (χ0) is 21.0. The van der Waals surface area contributed by atoms with Crippen molar-refractivity contribution in [1.82, 2.24) is 0 Å². The number of rotatable bonds is 6. The van der Waals surface area contributed by atoms with Gasteiger partial charge >= 0.3 is 5.97 Å². The molecular weight excluding hydrogens is 417 g/mol. The average Bonchev–Trinajstić information content (AvgIpc) is 2.63. The van der Waals surface area contributed by atoms with Gasteiger partial charge in [-0.1, -0.05) is 29.3 Å².